The fourth-order valence-corrected chi connectivity index (χ4v) is 2.57. The molecule has 29 heavy (non-hydrogen) atoms. The van der Waals surface area contributed by atoms with E-state index in [1.54, 1.807) is 12.1 Å². The van der Waals surface area contributed by atoms with Gasteiger partial charge in [-0.2, -0.15) is 0 Å². The first-order valence-corrected chi connectivity index (χ1v) is 8.73. The molecule has 9 heteroatoms. The molecule has 1 atom stereocenters. The van der Waals surface area contributed by atoms with Crippen molar-refractivity contribution in [2.45, 2.75) is 26.9 Å². The number of carbonyl (C=O) groups is 2. The summed E-state index contributed by atoms with van der Waals surface area (Å²) in [6.07, 6.45) is -1.11. The molecule has 1 amide bonds. The molecule has 0 saturated carbocycles. The van der Waals surface area contributed by atoms with E-state index >= 15 is 0 Å². The van der Waals surface area contributed by atoms with Crippen LogP contribution < -0.4 is 14.8 Å². The normalized spacial score (nSPS) is 11.3. The largest absolute Gasteiger partial charge is 0.494 e. The molecule has 0 aliphatic heterocycles. The zero-order chi connectivity index (χ0) is 21.6. The summed E-state index contributed by atoms with van der Waals surface area (Å²) in [6, 6.07) is 9.31. The van der Waals surface area contributed by atoms with Gasteiger partial charge in [0.1, 0.15) is 11.5 Å². The Morgan fingerprint density at radius 1 is 1.14 bits per heavy atom. The minimum Gasteiger partial charge on any atom is -0.494 e. The maximum absolute atomic E-state index is 12.3. The molecule has 0 bridgehead atoms. The molecule has 0 radical (unpaired) electrons. The van der Waals surface area contributed by atoms with E-state index in [1.165, 1.54) is 32.2 Å². The van der Waals surface area contributed by atoms with E-state index in [9.17, 15) is 19.7 Å². The fraction of sp³-hybridized carbons (Fsp3) is 0.300. The SMILES string of the molecule is COc1cc([N+](=O)[O-])ccc1NC(=O)[C@@H](C)OC(=O)COc1cc(C)cc(C)c1. The number of carbonyl (C=O) groups excluding carboxylic acids is 2. The highest BCUT2D eigenvalue weighted by atomic mass is 16.6. The standard InChI is InChI=1S/C20H22N2O7/c1-12-7-13(2)9-16(8-12)28-11-19(23)29-14(3)20(24)21-17-6-5-15(22(25)26)10-18(17)27-4/h5-10,14H,11H2,1-4H3,(H,21,24)/t14-/m1/s1. The third kappa shape index (κ3) is 6.20. The summed E-state index contributed by atoms with van der Waals surface area (Å²) < 4.78 is 15.5. The van der Waals surface area contributed by atoms with Gasteiger partial charge in [0.2, 0.25) is 0 Å². The number of ether oxygens (including phenoxy) is 3. The average molecular weight is 402 g/mol. The lowest BCUT2D eigenvalue weighted by Crippen LogP contribution is -2.31. The highest BCUT2D eigenvalue weighted by Gasteiger charge is 2.20. The topological polar surface area (TPSA) is 117 Å². The smallest absolute Gasteiger partial charge is 0.344 e. The number of nitrogens with one attached hydrogen (secondary N) is 1. The molecular formula is C20H22N2O7. The minimum absolute atomic E-state index is 0.115. The van der Waals surface area contributed by atoms with Crippen LogP contribution in [-0.4, -0.2) is 36.6 Å². The van der Waals surface area contributed by atoms with E-state index in [-0.39, 0.29) is 23.7 Å². The van der Waals surface area contributed by atoms with E-state index in [1.807, 2.05) is 19.9 Å². The van der Waals surface area contributed by atoms with E-state index in [0.29, 0.717) is 5.75 Å². The first kappa shape index (κ1) is 21.7. The number of esters is 1. The highest BCUT2D eigenvalue weighted by Crippen LogP contribution is 2.29. The van der Waals surface area contributed by atoms with Gasteiger partial charge in [0, 0.05) is 6.07 Å². The lowest BCUT2D eigenvalue weighted by molar-refractivity contribution is -0.384. The Labute approximate surface area is 167 Å². The number of rotatable bonds is 8. The number of nitro benzene ring substituents is 1. The van der Waals surface area contributed by atoms with Crippen LogP contribution in [0.25, 0.3) is 0 Å². The summed E-state index contributed by atoms with van der Waals surface area (Å²) >= 11 is 0. The molecule has 0 aliphatic carbocycles. The van der Waals surface area contributed by atoms with E-state index in [2.05, 4.69) is 5.32 Å². The Bertz CT molecular complexity index is 907. The summed E-state index contributed by atoms with van der Waals surface area (Å²) in [7, 11) is 1.32. The van der Waals surface area contributed by atoms with Crippen LogP contribution in [0.1, 0.15) is 18.1 Å². The molecule has 2 aromatic rings. The Morgan fingerprint density at radius 2 is 1.79 bits per heavy atom. The molecule has 1 N–H and O–H groups in total. The van der Waals surface area contributed by atoms with E-state index in [4.69, 9.17) is 14.2 Å². The number of hydrogen-bond donors (Lipinski definition) is 1. The lowest BCUT2D eigenvalue weighted by Gasteiger charge is -2.15. The van der Waals surface area contributed by atoms with Gasteiger partial charge in [0.15, 0.2) is 12.7 Å². The van der Waals surface area contributed by atoms with Crippen LogP contribution in [0.4, 0.5) is 11.4 Å². The number of non-ortho nitro benzene ring substituents is 1. The van der Waals surface area contributed by atoms with Crippen molar-refractivity contribution >= 4 is 23.3 Å². The van der Waals surface area contributed by atoms with Crippen LogP contribution in [0.5, 0.6) is 11.5 Å². The van der Waals surface area contributed by atoms with Crippen molar-refractivity contribution < 1.29 is 28.7 Å². The van der Waals surface area contributed by atoms with Crippen LogP contribution in [-0.2, 0) is 14.3 Å². The molecule has 0 unspecified atom stereocenters. The number of amides is 1. The number of hydrogen-bond acceptors (Lipinski definition) is 7. The van der Waals surface area contributed by atoms with Crippen LogP contribution in [0.2, 0.25) is 0 Å². The van der Waals surface area contributed by atoms with Crippen molar-refractivity contribution in [2.75, 3.05) is 19.0 Å². The van der Waals surface area contributed by atoms with E-state index in [0.717, 1.165) is 11.1 Å². The van der Waals surface area contributed by atoms with Crippen molar-refractivity contribution in [3.63, 3.8) is 0 Å². The predicted molar refractivity (Wildman–Crippen MR) is 105 cm³/mol. The molecule has 0 fully saturated rings. The number of aryl methyl sites for hydroxylation is 2. The summed E-state index contributed by atoms with van der Waals surface area (Å²) in [5.41, 5.74) is 2.04. The number of benzene rings is 2. The quantitative estimate of drug-likeness (QED) is 0.409. The Morgan fingerprint density at radius 3 is 2.38 bits per heavy atom. The van der Waals surface area contributed by atoms with Gasteiger partial charge in [-0.15, -0.1) is 0 Å². The Hall–Kier alpha value is -3.62. The van der Waals surface area contributed by atoms with Gasteiger partial charge in [0.25, 0.3) is 11.6 Å². The summed E-state index contributed by atoms with van der Waals surface area (Å²) in [6.45, 7) is 4.89. The highest BCUT2D eigenvalue weighted by molar-refractivity contribution is 5.96. The first-order valence-electron chi connectivity index (χ1n) is 8.73. The number of anilines is 1. The van der Waals surface area contributed by atoms with Crippen molar-refractivity contribution in [3.8, 4) is 11.5 Å². The maximum atomic E-state index is 12.3. The van der Waals surface area contributed by atoms with Crippen LogP contribution >= 0.6 is 0 Å². The molecule has 0 saturated heterocycles. The third-order valence-electron chi connectivity index (χ3n) is 3.88. The second-order valence-corrected chi connectivity index (χ2v) is 6.38. The van der Waals surface area contributed by atoms with Crippen LogP contribution in [0, 0.1) is 24.0 Å². The predicted octanol–water partition coefficient (Wildman–Crippen LogP) is 3.17. The van der Waals surface area contributed by atoms with Crippen LogP contribution in [0.15, 0.2) is 36.4 Å². The van der Waals surface area contributed by atoms with Gasteiger partial charge >= 0.3 is 5.97 Å². The molecule has 154 valence electrons. The summed E-state index contributed by atoms with van der Waals surface area (Å²) in [4.78, 5) is 34.5. The van der Waals surface area contributed by atoms with Crippen LogP contribution in [0.3, 0.4) is 0 Å². The molecule has 2 rings (SSSR count). The Balaban J connectivity index is 1.93. The van der Waals surface area contributed by atoms with Crippen molar-refractivity contribution in [3.05, 3.63) is 57.6 Å². The monoisotopic (exact) mass is 402 g/mol. The van der Waals surface area contributed by atoms with Gasteiger partial charge in [-0.1, -0.05) is 6.07 Å². The van der Waals surface area contributed by atoms with Crippen molar-refractivity contribution in [1.29, 1.82) is 0 Å². The zero-order valence-electron chi connectivity index (χ0n) is 16.6. The number of nitrogens with zero attached hydrogens (tertiary/aromatic N) is 1. The third-order valence-corrected chi connectivity index (χ3v) is 3.88. The van der Waals surface area contributed by atoms with Gasteiger partial charge in [-0.3, -0.25) is 14.9 Å². The van der Waals surface area contributed by atoms with Gasteiger partial charge in [-0.25, -0.2) is 4.79 Å². The molecule has 0 aliphatic rings. The molecule has 2 aromatic carbocycles. The summed E-state index contributed by atoms with van der Waals surface area (Å²) in [5.74, 6) is -0.671. The molecule has 9 nitrogen and oxygen atoms in total. The average Bonchev–Trinajstić information content (AvgIpc) is 2.65. The zero-order valence-corrected chi connectivity index (χ0v) is 16.6. The second kappa shape index (κ2) is 9.54. The molecular weight excluding hydrogens is 380 g/mol. The van der Waals surface area contributed by atoms with E-state index < -0.39 is 22.9 Å². The number of nitro groups is 1. The first-order chi connectivity index (χ1) is 13.7. The van der Waals surface area contributed by atoms with Crippen molar-refractivity contribution in [2.24, 2.45) is 0 Å². The number of methoxy groups -OCH3 is 1. The Kier molecular flexibility index (Phi) is 7.13. The van der Waals surface area contributed by atoms with Gasteiger partial charge in [-0.05, 0) is 50.1 Å². The second-order valence-electron chi connectivity index (χ2n) is 6.38. The fourth-order valence-electron chi connectivity index (χ4n) is 2.57. The van der Waals surface area contributed by atoms with Crippen molar-refractivity contribution in [1.82, 2.24) is 0 Å². The van der Waals surface area contributed by atoms with Gasteiger partial charge in [0.05, 0.1) is 23.8 Å². The molecule has 0 spiro atoms. The minimum atomic E-state index is -1.11. The maximum Gasteiger partial charge on any atom is 0.344 e. The molecule has 0 aromatic heterocycles. The van der Waals surface area contributed by atoms with Gasteiger partial charge < -0.3 is 19.5 Å². The lowest BCUT2D eigenvalue weighted by atomic mass is 10.1. The molecule has 0 heterocycles. The summed E-state index contributed by atoms with van der Waals surface area (Å²) in [5, 5.41) is 13.3.